The molecule has 0 N–H and O–H groups in total. The van der Waals surface area contributed by atoms with Crippen LogP contribution in [0.2, 0.25) is 0 Å². The van der Waals surface area contributed by atoms with Gasteiger partial charge in [0.2, 0.25) is 0 Å². The molecule has 2 fully saturated rings. The third kappa shape index (κ3) is 0.847. The summed E-state index contributed by atoms with van der Waals surface area (Å²) in [5, 5.41) is 0. The predicted octanol–water partition coefficient (Wildman–Crippen LogP) is 1.66. The minimum atomic E-state index is -0.553. The van der Waals surface area contributed by atoms with Crippen LogP contribution in [0.4, 0.5) is 0 Å². The zero-order valence-electron chi connectivity index (χ0n) is 8.05. The van der Waals surface area contributed by atoms with Gasteiger partial charge in [-0.05, 0) is 26.7 Å². The summed E-state index contributed by atoms with van der Waals surface area (Å²) in [7, 11) is 0. The predicted molar refractivity (Wildman–Crippen MR) is 45.8 cm³/mol. The van der Waals surface area contributed by atoms with Gasteiger partial charge in [0.15, 0.2) is 0 Å². The van der Waals surface area contributed by atoms with E-state index in [0.717, 1.165) is 25.7 Å². The average molecular weight is 182 g/mol. The van der Waals surface area contributed by atoms with Crippen molar-refractivity contribution in [3.8, 4) is 0 Å². The van der Waals surface area contributed by atoms with Crippen molar-refractivity contribution in [1.82, 2.24) is 0 Å². The maximum absolute atomic E-state index is 11.5. The molecule has 3 nitrogen and oxygen atoms in total. The van der Waals surface area contributed by atoms with Gasteiger partial charge in [-0.3, -0.25) is 9.59 Å². The Kier molecular flexibility index (Phi) is 1.57. The SMILES string of the molecule is C[C@@]12CCCC[C@]1(C)C(=O)OC2=O. The smallest absolute Gasteiger partial charge is 0.320 e. The first-order chi connectivity index (χ1) is 6.01. The fraction of sp³-hybridized carbons (Fsp3) is 0.800. The van der Waals surface area contributed by atoms with Gasteiger partial charge in [-0.15, -0.1) is 0 Å². The lowest BCUT2D eigenvalue weighted by Gasteiger charge is -2.38. The normalized spacial score (nSPS) is 44.5. The molecule has 72 valence electrons. The van der Waals surface area contributed by atoms with E-state index in [4.69, 9.17) is 4.74 Å². The maximum Gasteiger partial charge on any atom is 0.320 e. The number of esters is 2. The summed E-state index contributed by atoms with van der Waals surface area (Å²) >= 11 is 0. The zero-order valence-corrected chi connectivity index (χ0v) is 8.05. The zero-order chi connectivity index (χ0) is 9.69. The molecule has 0 aromatic heterocycles. The third-order valence-corrected chi connectivity index (χ3v) is 3.91. The molecule has 0 unspecified atom stereocenters. The van der Waals surface area contributed by atoms with Crippen molar-refractivity contribution in [2.24, 2.45) is 10.8 Å². The van der Waals surface area contributed by atoms with Crippen molar-refractivity contribution in [2.45, 2.75) is 39.5 Å². The molecule has 1 heterocycles. The highest BCUT2D eigenvalue weighted by molar-refractivity contribution is 6.01. The summed E-state index contributed by atoms with van der Waals surface area (Å²) in [5.74, 6) is -0.639. The first kappa shape index (κ1) is 8.73. The van der Waals surface area contributed by atoms with E-state index in [0.29, 0.717) is 0 Å². The largest absolute Gasteiger partial charge is 0.392 e. The molecule has 0 amide bonds. The second kappa shape index (κ2) is 2.34. The van der Waals surface area contributed by atoms with E-state index in [-0.39, 0.29) is 11.9 Å². The summed E-state index contributed by atoms with van der Waals surface area (Å²) in [6.07, 6.45) is 3.62. The molecule has 0 aromatic rings. The molecule has 1 aliphatic heterocycles. The van der Waals surface area contributed by atoms with Gasteiger partial charge < -0.3 is 4.74 Å². The Labute approximate surface area is 77.4 Å². The van der Waals surface area contributed by atoms with E-state index in [1.807, 2.05) is 13.8 Å². The summed E-state index contributed by atoms with van der Waals surface area (Å²) in [6, 6.07) is 0. The van der Waals surface area contributed by atoms with Crippen LogP contribution in [0.3, 0.4) is 0 Å². The van der Waals surface area contributed by atoms with E-state index >= 15 is 0 Å². The molecule has 1 saturated heterocycles. The maximum atomic E-state index is 11.5. The number of hydrogen-bond acceptors (Lipinski definition) is 3. The van der Waals surface area contributed by atoms with Crippen LogP contribution in [-0.4, -0.2) is 11.9 Å². The molecule has 3 heteroatoms. The fourth-order valence-corrected chi connectivity index (χ4v) is 2.47. The van der Waals surface area contributed by atoms with Gasteiger partial charge in [-0.1, -0.05) is 12.8 Å². The molecule has 1 aliphatic carbocycles. The van der Waals surface area contributed by atoms with Crippen molar-refractivity contribution in [1.29, 1.82) is 0 Å². The monoisotopic (exact) mass is 182 g/mol. The second-order valence-corrected chi connectivity index (χ2v) is 4.55. The average Bonchev–Trinajstić information content (AvgIpc) is 2.25. The summed E-state index contributed by atoms with van der Waals surface area (Å²) in [6.45, 7) is 3.72. The van der Waals surface area contributed by atoms with Crippen LogP contribution in [0.15, 0.2) is 0 Å². The van der Waals surface area contributed by atoms with Gasteiger partial charge in [0.25, 0.3) is 0 Å². The highest BCUT2D eigenvalue weighted by Gasteiger charge is 2.63. The Morgan fingerprint density at radius 2 is 1.38 bits per heavy atom. The number of hydrogen-bond donors (Lipinski definition) is 0. The highest BCUT2D eigenvalue weighted by Crippen LogP contribution is 2.55. The molecule has 0 spiro atoms. The van der Waals surface area contributed by atoms with Crippen molar-refractivity contribution in [3.05, 3.63) is 0 Å². The standard InChI is InChI=1S/C10H14O3/c1-9-5-3-4-6-10(9,2)8(12)13-7(9)11/h3-6H2,1-2H3/t9-,10+. The molecule has 1 saturated carbocycles. The van der Waals surface area contributed by atoms with E-state index in [1.165, 1.54) is 0 Å². The minimum absolute atomic E-state index is 0.320. The van der Waals surface area contributed by atoms with Crippen molar-refractivity contribution in [3.63, 3.8) is 0 Å². The Hall–Kier alpha value is -0.860. The number of rotatable bonds is 0. The summed E-state index contributed by atoms with van der Waals surface area (Å²) in [5.41, 5.74) is -1.11. The van der Waals surface area contributed by atoms with Gasteiger partial charge in [0, 0.05) is 0 Å². The van der Waals surface area contributed by atoms with E-state index in [1.54, 1.807) is 0 Å². The lowest BCUT2D eigenvalue weighted by Crippen LogP contribution is -2.42. The first-order valence-corrected chi connectivity index (χ1v) is 4.77. The van der Waals surface area contributed by atoms with Crippen LogP contribution in [-0.2, 0) is 14.3 Å². The number of ether oxygens (including phenoxy) is 1. The first-order valence-electron chi connectivity index (χ1n) is 4.77. The Morgan fingerprint density at radius 1 is 1.00 bits per heavy atom. The number of cyclic esters (lactones) is 2. The number of carbonyl (C=O) groups is 2. The number of fused-ring (bicyclic) bond motifs is 1. The molecule has 0 aromatic carbocycles. The van der Waals surface area contributed by atoms with Crippen LogP contribution in [0, 0.1) is 10.8 Å². The van der Waals surface area contributed by atoms with Crippen LogP contribution >= 0.6 is 0 Å². The van der Waals surface area contributed by atoms with Crippen LogP contribution in [0.1, 0.15) is 39.5 Å². The molecular weight excluding hydrogens is 168 g/mol. The van der Waals surface area contributed by atoms with Gasteiger partial charge in [0.1, 0.15) is 0 Å². The van der Waals surface area contributed by atoms with E-state index < -0.39 is 10.8 Å². The fourth-order valence-electron chi connectivity index (χ4n) is 2.47. The van der Waals surface area contributed by atoms with Crippen LogP contribution in [0.5, 0.6) is 0 Å². The Morgan fingerprint density at radius 3 is 1.77 bits per heavy atom. The summed E-state index contributed by atoms with van der Waals surface area (Å²) < 4.78 is 4.74. The van der Waals surface area contributed by atoms with Gasteiger partial charge in [0.05, 0.1) is 10.8 Å². The van der Waals surface area contributed by atoms with Gasteiger partial charge >= 0.3 is 11.9 Å². The highest BCUT2D eigenvalue weighted by atomic mass is 16.6. The topological polar surface area (TPSA) is 43.4 Å². The van der Waals surface area contributed by atoms with E-state index in [2.05, 4.69) is 0 Å². The third-order valence-electron chi connectivity index (χ3n) is 3.91. The van der Waals surface area contributed by atoms with E-state index in [9.17, 15) is 9.59 Å². The quantitative estimate of drug-likeness (QED) is 0.422. The molecule has 2 aliphatic rings. The van der Waals surface area contributed by atoms with Crippen LogP contribution < -0.4 is 0 Å². The van der Waals surface area contributed by atoms with Crippen molar-refractivity contribution < 1.29 is 14.3 Å². The lowest BCUT2D eigenvalue weighted by atomic mass is 9.59. The molecule has 13 heavy (non-hydrogen) atoms. The van der Waals surface area contributed by atoms with Gasteiger partial charge in [-0.25, -0.2) is 0 Å². The van der Waals surface area contributed by atoms with Crippen molar-refractivity contribution in [2.75, 3.05) is 0 Å². The molecular formula is C10H14O3. The van der Waals surface area contributed by atoms with Gasteiger partial charge in [-0.2, -0.15) is 0 Å². The van der Waals surface area contributed by atoms with Crippen LogP contribution in [0.25, 0.3) is 0 Å². The summed E-state index contributed by atoms with van der Waals surface area (Å²) in [4.78, 5) is 23.0. The Bertz CT molecular complexity index is 256. The van der Waals surface area contributed by atoms with Crippen molar-refractivity contribution >= 4 is 11.9 Å². The second-order valence-electron chi connectivity index (χ2n) is 4.55. The Balaban J connectivity index is 2.46. The minimum Gasteiger partial charge on any atom is -0.392 e. The molecule has 0 radical (unpaired) electrons. The number of carbonyl (C=O) groups excluding carboxylic acids is 2. The molecule has 2 rings (SSSR count). The molecule has 0 bridgehead atoms. The lowest BCUT2D eigenvalue weighted by molar-refractivity contribution is -0.155. The molecule has 2 atom stereocenters.